The molecule has 1 aliphatic rings. The number of nitrogens with zero attached hydrogens (tertiary/aromatic N) is 3. The number of aromatic nitrogens is 1. The number of pyridine rings is 1. The zero-order valence-electron chi connectivity index (χ0n) is 9.13. The molecule has 2 rings (SSSR count). The smallest absolute Gasteiger partial charge is 0.407 e. The van der Waals surface area contributed by atoms with Crippen molar-refractivity contribution in [2.24, 2.45) is 0 Å². The monoisotopic (exact) mass is 229 g/mol. The molecule has 0 radical (unpaired) electrons. The van der Waals surface area contributed by atoms with Crippen molar-refractivity contribution in [1.82, 2.24) is 9.88 Å². The summed E-state index contributed by atoms with van der Waals surface area (Å²) in [5.41, 5.74) is 2.37. The fourth-order valence-electron chi connectivity index (χ4n) is 1.73. The average molecular weight is 229 g/mol. The predicted octanol–water partition coefficient (Wildman–Crippen LogP) is 1.72. The molecule has 17 heavy (non-hydrogen) atoms. The highest BCUT2D eigenvalue weighted by Gasteiger charge is 2.17. The van der Waals surface area contributed by atoms with Crippen molar-refractivity contribution in [3.63, 3.8) is 0 Å². The molecule has 1 amide bonds. The maximum absolute atomic E-state index is 10.7. The quantitative estimate of drug-likeness (QED) is 0.795. The second-order valence-electron chi connectivity index (χ2n) is 3.75. The number of amides is 1. The molecule has 0 saturated carbocycles. The van der Waals surface area contributed by atoms with E-state index in [-0.39, 0.29) is 0 Å². The summed E-state index contributed by atoms with van der Waals surface area (Å²) in [6.07, 6.45) is 3.16. The van der Waals surface area contributed by atoms with Gasteiger partial charge in [0.1, 0.15) is 6.07 Å². The molecule has 2 heterocycles. The van der Waals surface area contributed by atoms with Gasteiger partial charge in [-0.15, -0.1) is 0 Å². The van der Waals surface area contributed by atoms with Gasteiger partial charge in [0.25, 0.3) is 0 Å². The number of nitriles is 1. The lowest BCUT2D eigenvalue weighted by Crippen LogP contribution is -2.33. The number of carboxylic acid groups (broad SMARTS) is 1. The lowest BCUT2D eigenvalue weighted by Gasteiger charge is -2.23. The van der Waals surface area contributed by atoms with E-state index in [2.05, 4.69) is 4.98 Å². The van der Waals surface area contributed by atoms with Gasteiger partial charge in [0, 0.05) is 19.3 Å². The van der Waals surface area contributed by atoms with Crippen molar-refractivity contribution in [1.29, 1.82) is 5.26 Å². The Morgan fingerprint density at radius 2 is 2.35 bits per heavy atom. The van der Waals surface area contributed by atoms with Crippen LogP contribution in [0.4, 0.5) is 4.79 Å². The Balaban J connectivity index is 2.14. The van der Waals surface area contributed by atoms with Crippen molar-refractivity contribution >= 4 is 11.7 Å². The minimum absolute atomic E-state index is 0.395. The summed E-state index contributed by atoms with van der Waals surface area (Å²) in [5.74, 6) is 0. The zero-order chi connectivity index (χ0) is 12.3. The Hall–Kier alpha value is -2.35. The molecule has 0 atom stereocenters. The van der Waals surface area contributed by atoms with Crippen LogP contribution in [0.25, 0.3) is 5.57 Å². The molecule has 1 aliphatic heterocycles. The van der Waals surface area contributed by atoms with Crippen LogP contribution in [-0.2, 0) is 0 Å². The lowest BCUT2D eigenvalue weighted by atomic mass is 10.0. The van der Waals surface area contributed by atoms with Crippen LogP contribution in [-0.4, -0.2) is 34.2 Å². The predicted molar refractivity (Wildman–Crippen MR) is 61.1 cm³/mol. The number of hydrogen-bond donors (Lipinski definition) is 1. The van der Waals surface area contributed by atoms with Crippen LogP contribution < -0.4 is 0 Å². The summed E-state index contributed by atoms with van der Waals surface area (Å²) < 4.78 is 0. The van der Waals surface area contributed by atoms with Gasteiger partial charge in [0.2, 0.25) is 0 Å². The van der Waals surface area contributed by atoms with Crippen LogP contribution in [0.3, 0.4) is 0 Å². The minimum atomic E-state index is -0.895. The van der Waals surface area contributed by atoms with E-state index in [1.807, 2.05) is 12.1 Å². The number of carbonyl (C=O) groups is 1. The maximum Gasteiger partial charge on any atom is 0.407 e. The van der Waals surface area contributed by atoms with Crippen LogP contribution >= 0.6 is 0 Å². The molecule has 1 N–H and O–H groups in total. The number of rotatable bonds is 1. The molecule has 5 nitrogen and oxygen atoms in total. The molecular formula is C12H11N3O2. The molecule has 1 aromatic rings. The normalized spacial score (nSPS) is 15.0. The summed E-state index contributed by atoms with van der Waals surface area (Å²) in [4.78, 5) is 16.3. The Morgan fingerprint density at radius 3 is 2.82 bits per heavy atom. The highest BCUT2D eigenvalue weighted by molar-refractivity contribution is 5.70. The third-order valence-corrected chi connectivity index (χ3v) is 2.70. The van der Waals surface area contributed by atoms with Crippen molar-refractivity contribution in [2.75, 3.05) is 13.1 Å². The molecule has 0 fully saturated rings. The van der Waals surface area contributed by atoms with Crippen LogP contribution in [0, 0.1) is 11.3 Å². The van der Waals surface area contributed by atoms with Crippen molar-refractivity contribution in [3.05, 3.63) is 35.7 Å². The van der Waals surface area contributed by atoms with E-state index in [4.69, 9.17) is 10.4 Å². The Labute approximate surface area is 98.6 Å². The SMILES string of the molecule is N#Cc1ccc(C2=CCN(C(=O)O)CC2)nc1. The summed E-state index contributed by atoms with van der Waals surface area (Å²) in [5, 5.41) is 17.5. The van der Waals surface area contributed by atoms with Gasteiger partial charge < -0.3 is 10.0 Å². The highest BCUT2D eigenvalue weighted by Crippen LogP contribution is 2.20. The number of hydrogen-bond acceptors (Lipinski definition) is 3. The molecule has 0 saturated heterocycles. The summed E-state index contributed by atoms with van der Waals surface area (Å²) >= 11 is 0. The van der Waals surface area contributed by atoms with Crippen LogP contribution in [0.5, 0.6) is 0 Å². The van der Waals surface area contributed by atoms with E-state index in [1.54, 1.807) is 12.1 Å². The molecule has 0 unspecified atom stereocenters. The summed E-state index contributed by atoms with van der Waals surface area (Å²) in [6.45, 7) is 0.884. The minimum Gasteiger partial charge on any atom is -0.465 e. The highest BCUT2D eigenvalue weighted by atomic mass is 16.4. The van der Waals surface area contributed by atoms with Crippen LogP contribution in [0.15, 0.2) is 24.4 Å². The van der Waals surface area contributed by atoms with E-state index >= 15 is 0 Å². The largest absolute Gasteiger partial charge is 0.465 e. The molecule has 0 spiro atoms. The maximum atomic E-state index is 10.7. The first-order valence-corrected chi connectivity index (χ1v) is 5.24. The van der Waals surface area contributed by atoms with Gasteiger partial charge in [-0.2, -0.15) is 5.26 Å². The van der Waals surface area contributed by atoms with Crippen LogP contribution in [0.1, 0.15) is 17.7 Å². The van der Waals surface area contributed by atoms with Gasteiger partial charge >= 0.3 is 6.09 Å². The van der Waals surface area contributed by atoms with E-state index < -0.39 is 6.09 Å². The van der Waals surface area contributed by atoms with Gasteiger partial charge in [-0.05, 0) is 24.1 Å². The fourth-order valence-corrected chi connectivity index (χ4v) is 1.73. The van der Waals surface area contributed by atoms with E-state index in [9.17, 15) is 4.79 Å². The van der Waals surface area contributed by atoms with Gasteiger partial charge in [-0.3, -0.25) is 4.98 Å². The molecule has 1 aromatic heterocycles. The lowest BCUT2D eigenvalue weighted by molar-refractivity contribution is 0.150. The topological polar surface area (TPSA) is 77.2 Å². The third-order valence-electron chi connectivity index (χ3n) is 2.70. The second kappa shape index (κ2) is 4.66. The van der Waals surface area contributed by atoms with E-state index in [0.29, 0.717) is 25.1 Å². The van der Waals surface area contributed by atoms with Gasteiger partial charge in [0.15, 0.2) is 0 Å². The van der Waals surface area contributed by atoms with Crippen molar-refractivity contribution in [2.45, 2.75) is 6.42 Å². The van der Waals surface area contributed by atoms with Crippen molar-refractivity contribution < 1.29 is 9.90 Å². The van der Waals surface area contributed by atoms with E-state index in [1.165, 1.54) is 11.1 Å². The Kier molecular flexibility index (Phi) is 3.06. The average Bonchev–Trinajstić information content (AvgIpc) is 2.39. The summed E-state index contributed by atoms with van der Waals surface area (Å²) in [6, 6.07) is 5.52. The molecular weight excluding hydrogens is 218 g/mol. The molecule has 0 aromatic carbocycles. The molecule has 0 aliphatic carbocycles. The van der Waals surface area contributed by atoms with Crippen molar-refractivity contribution in [3.8, 4) is 6.07 Å². The van der Waals surface area contributed by atoms with E-state index in [0.717, 1.165) is 11.3 Å². The molecule has 0 bridgehead atoms. The van der Waals surface area contributed by atoms with Gasteiger partial charge in [-0.25, -0.2) is 4.79 Å². The summed E-state index contributed by atoms with van der Waals surface area (Å²) in [7, 11) is 0. The first-order valence-electron chi connectivity index (χ1n) is 5.24. The molecule has 86 valence electrons. The fraction of sp³-hybridized carbons (Fsp3) is 0.250. The zero-order valence-corrected chi connectivity index (χ0v) is 9.13. The van der Waals surface area contributed by atoms with Gasteiger partial charge in [-0.1, -0.05) is 6.08 Å². The third kappa shape index (κ3) is 2.42. The van der Waals surface area contributed by atoms with Crippen LogP contribution in [0.2, 0.25) is 0 Å². The first-order chi connectivity index (χ1) is 8.20. The first kappa shape index (κ1) is 11.1. The van der Waals surface area contributed by atoms with Gasteiger partial charge in [0.05, 0.1) is 11.3 Å². The Morgan fingerprint density at radius 1 is 1.53 bits per heavy atom. The second-order valence-corrected chi connectivity index (χ2v) is 3.75. The molecule has 5 heteroatoms. The standard InChI is InChI=1S/C12H11N3O2/c13-7-9-1-2-11(14-8-9)10-3-5-15(6-4-10)12(16)17/h1-3,8H,4-6H2,(H,16,17). The Bertz CT molecular complexity index is 499.